The highest BCUT2D eigenvalue weighted by molar-refractivity contribution is 7.89. The number of aliphatic hydroxyl groups is 1. The van der Waals surface area contributed by atoms with Gasteiger partial charge in [-0.2, -0.15) is 9.57 Å². The van der Waals surface area contributed by atoms with Gasteiger partial charge < -0.3 is 5.11 Å². The van der Waals surface area contributed by atoms with Crippen molar-refractivity contribution >= 4 is 10.0 Å². The normalized spacial score (nSPS) is 16.6. The van der Waals surface area contributed by atoms with Crippen LogP contribution in [0.15, 0.2) is 0 Å². The first-order chi connectivity index (χ1) is 7.11. The molecule has 0 bridgehead atoms. The summed E-state index contributed by atoms with van der Waals surface area (Å²) in [6.07, 6.45) is 2.40. The Morgan fingerprint density at radius 2 is 2.13 bits per heavy atom. The Morgan fingerprint density at radius 3 is 2.60 bits per heavy atom. The van der Waals surface area contributed by atoms with Crippen LogP contribution in [-0.2, 0) is 10.0 Å². The lowest BCUT2D eigenvalue weighted by atomic mass is 10.4. The molecule has 1 saturated carbocycles. The summed E-state index contributed by atoms with van der Waals surface area (Å²) in [7, 11) is -3.27. The van der Waals surface area contributed by atoms with E-state index in [-0.39, 0.29) is 31.4 Å². The van der Waals surface area contributed by atoms with Crippen LogP contribution in [-0.4, -0.2) is 42.8 Å². The Hall–Kier alpha value is -0.640. The fourth-order valence-electron chi connectivity index (χ4n) is 1.46. The Bertz CT molecular complexity index is 330. The van der Waals surface area contributed by atoms with Crippen molar-refractivity contribution in [2.24, 2.45) is 0 Å². The lowest BCUT2D eigenvalue weighted by Gasteiger charge is -2.20. The van der Waals surface area contributed by atoms with Gasteiger partial charge in [-0.3, -0.25) is 0 Å². The van der Waals surface area contributed by atoms with Crippen LogP contribution in [0.5, 0.6) is 0 Å². The predicted octanol–water partition coefficient (Wildman–Crippen LogP) is 0.0767. The smallest absolute Gasteiger partial charge is 0.214 e. The van der Waals surface area contributed by atoms with Crippen molar-refractivity contribution in [3.8, 4) is 6.07 Å². The number of nitrogens with zero attached hydrogens (tertiary/aromatic N) is 2. The molecule has 0 saturated heterocycles. The number of nitriles is 1. The van der Waals surface area contributed by atoms with Gasteiger partial charge in [-0.15, -0.1) is 0 Å². The molecule has 15 heavy (non-hydrogen) atoms. The van der Waals surface area contributed by atoms with Gasteiger partial charge in [0.25, 0.3) is 0 Å². The van der Waals surface area contributed by atoms with E-state index >= 15 is 0 Å². The predicted molar refractivity (Wildman–Crippen MR) is 55.4 cm³/mol. The second-order valence-electron chi connectivity index (χ2n) is 3.64. The number of aliphatic hydroxyl groups excluding tert-OH is 1. The Balaban J connectivity index is 2.52. The van der Waals surface area contributed by atoms with Crippen LogP contribution < -0.4 is 0 Å². The van der Waals surface area contributed by atoms with Gasteiger partial charge in [-0.05, 0) is 19.3 Å². The minimum absolute atomic E-state index is 0.0110. The molecule has 1 N–H and O–H groups in total. The lowest BCUT2D eigenvalue weighted by Crippen LogP contribution is -2.37. The van der Waals surface area contributed by atoms with Crippen molar-refractivity contribution in [3.63, 3.8) is 0 Å². The fraction of sp³-hybridized carbons (Fsp3) is 0.889. The van der Waals surface area contributed by atoms with Crippen LogP contribution in [0.1, 0.15) is 25.7 Å². The van der Waals surface area contributed by atoms with Crippen LogP contribution in [0.2, 0.25) is 0 Å². The summed E-state index contributed by atoms with van der Waals surface area (Å²) in [6, 6.07) is 2.01. The van der Waals surface area contributed by atoms with E-state index in [0.717, 1.165) is 12.8 Å². The third-order valence-electron chi connectivity index (χ3n) is 2.32. The summed E-state index contributed by atoms with van der Waals surface area (Å²) in [5.74, 6) is 0.0110. The number of unbranched alkanes of at least 4 members (excludes halogenated alkanes) is 1. The summed E-state index contributed by atoms with van der Waals surface area (Å²) in [4.78, 5) is 0. The Kier molecular flexibility index (Phi) is 4.51. The van der Waals surface area contributed by atoms with Gasteiger partial charge in [-0.25, -0.2) is 8.42 Å². The van der Waals surface area contributed by atoms with E-state index < -0.39 is 10.0 Å². The zero-order valence-corrected chi connectivity index (χ0v) is 9.41. The van der Waals surface area contributed by atoms with Crippen molar-refractivity contribution in [2.75, 3.05) is 18.9 Å². The lowest BCUT2D eigenvalue weighted by molar-refractivity contribution is 0.250. The molecular weight excluding hydrogens is 216 g/mol. The van der Waals surface area contributed by atoms with Crippen LogP contribution in [0.4, 0.5) is 0 Å². The first kappa shape index (κ1) is 12.4. The highest BCUT2D eigenvalue weighted by atomic mass is 32.2. The topological polar surface area (TPSA) is 81.4 Å². The molecule has 0 aliphatic heterocycles. The number of sulfonamides is 1. The molecule has 0 aromatic carbocycles. The molecule has 0 radical (unpaired) electrons. The molecule has 86 valence electrons. The van der Waals surface area contributed by atoms with E-state index in [1.165, 1.54) is 4.31 Å². The molecule has 0 heterocycles. The van der Waals surface area contributed by atoms with E-state index in [1.54, 1.807) is 0 Å². The minimum atomic E-state index is -3.27. The maximum absolute atomic E-state index is 11.8. The summed E-state index contributed by atoms with van der Waals surface area (Å²) >= 11 is 0. The molecular formula is C9H16N2O3S. The van der Waals surface area contributed by atoms with E-state index in [0.29, 0.717) is 6.42 Å². The maximum atomic E-state index is 11.8. The second-order valence-corrected chi connectivity index (χ2v) is 5.68. The van der Waals surface area contributed by atoms with E-state index in [1.807, 2.05) is 6.07 Å². The van der Waals surface area contributed by atoms with Crippen molar-refractivity contribution < 1.29 is 13.5 Å². The van der Waals surface area contributed by atoms with Crippen molar-refractivity contribution in [3.05, 3.63) is 0 Å². The van der Waals surface area contributed by atoms with Gasteiger partial charge >= 0.3 is 0 Å². The molecule has 1 rings (SSSR count). The van der Waals surface area contributed by atoms with E-state index in [4.69, 9.17) is 10.4 Å². The molecule has 0 aromatic heterocycles. The van der Waals surface area contributed by atoms with Crippen molar-refractivity contribution in [1.82, 2.24) is 4.31 Å². The van der Waals surface area contributed by atoms with Crippen LogP contribution >= 0.6 is 0 Å². The summed E-state index contributed by atoms with van der Waals surface area (Å²) in [6.45, 7) is 0.0353. The van der Waals surface area contributed by atoms with Gasteiger partial charge in [0.05, 0.1) is 18.4 Å². The molecule has 1 fully saturated rings. The summed E-state index contributed by atoms with van der Waals surface area (Å²) in [5, 5.41) is 17.1. The molecule has 0 atom stereocenters. The molecule has 1 aliphatic rings. The van der Waals surface area contributed by atoms with Gasteiger partial charge in [-0.1, -0.05) is 0 Å². The average Bonchev–Trinajstić information content (AvgIpc) is 2.97. The third kappa shape index (κ3) is 3.78. The highest BCUT2D eigenvalue weighted by Crippen LogP contribution is 2.29. The van der Waals surface area contributed by atoms with Crippen molar-refractivity contribution in [1.29, 1.82) is 5.26 Å². The maximum Gasteiger partial charge on any atom is 0.214 e. The van der Waals surface area contributed by atoms with Crippen LogP contribution in [0.3, 0.4) is 0 Å². The van der Waals surface area contributed by atoms with Gasteiger partial charge in [0.2, 0.25) is 10.0 Å². The number of rotatable bonds is 7. The largest absolute Gasteiger partial charge is 0.395 e. The zero-order chi connectivity index (χ0) is 11.3. The molecule has 0 unspecified atom stereocenters. The zero-order valence-electron chi connectivity index (χ0n) is 8.59. The molecule has 1 aliphatic carbocycles. The quantitative estimate of drug-likeness (QED) is 0.630. The monoisotopic (exact) mass is 232 g/mol. The summed E-state index contributed by atoms with van der Waals surface area (Å²) in [5.41, 5.74) is 0. The Labute approximate surface area is 90.4 Å². The molecule has 0 spiro atoms. The minimum Gasteiger partial charge on any atom is -0.395 e. The van der Waals surface area contributed by atoms with Crippen molar-refractivity contribution in [2.45, 2.75) is 31.7 Å². The van der Waals surface area contributed by atoms with Gasteiger partial charge in [0, 0.05) is 19.0 Å². The average molecular weight is 232 g/mol. The Morgan fingerprint density at radius 1 is 1.47 bits per heavy atom. The first-order valence-electron chi connectivity index (χ1n) is 5.09. The van der Waals surface area contributed by atoms with E-state index in [2.05, 4.69) is 0 Å². The SMILES string of the molecule is N#CCCCS(=O)(=O)N(CCO)C1CC1. The van der Waals surface area contributed by atoms with Crippen LogP contribution in [0.25, 0.3) is 0 Å². The van der Waals surface area contributed by atoms with Gasteiger partial charge in [0.1, 0.15) is 0 Å². The van der Waals surface area contributed by atoms with E-state index in [9.17, 15) is 8.42 Å². The molecule has 6 heteroatoms. The fourth-order valence-corrected chi connectivity index (χ4v) is 3.23. The molecule has 0 amide bonds. The standard InChI is InChI=1S/C9H16N2O3S/c10-5-1-2-8-15(13,14)11(6-7-12)9-3-4-9/h9,12H,1-4,6-8H2. The second kappa shape index (κ2) is 5.45. The number of hydrogen-bond acceptors (Lipinski definition) is 4. The van der Waals surface area contributed by atoms with Crippen LogP contribution in [0, 0.1) is 11.3 Å². The first-order valence-corrected chi connectivity index (χ1v) is 6.70. The number of hydrogen-bond donors (Lipinski definition) is 1. The summed E-state index contributed by atoms with van der Waals surface area (Å²) < 4.78 is 24.9. The molecule has 0 aromatic rings. The highest BCUT2D eigenvalue weighted by Gasteiger charge is 2.36. The molecule has 5 nitrogen and oxygen atoms in total. The third-order valence-corrected chi connectivity index (χ3v) is 4.32. The van der Waals surface area contributed by atoms with Gasteiger partial charge in [0.15, 0.2) is 0 Å².